The van der Waals surface area contributed by atoms with E-state index in [1.54, 1.807) is 30.4 Å². The van der Waals surface area contributed by atoms with Gasteiger partial charge >= 0.3 is 5.97 Å². The number of aliphatic carboxylic acids is 1. The van der Waals surface area contributed by atoms with Gasteiger partial charge in [-0.25, -0.2) is 12.8 Å². The second kappa shape index (κ2) is 6.42. The monoisotopic (exact) mass is 361 g/mol. The number of carboxylic acids is 1. The number of hydrogen-bond acceptors (Lipinski definition) is 3. The molecule has 0 bridgehead atoms. The Kier molecular flexibility index (Phi) is 4.45. The van der Waals surface area contributed by atoms with Crippen LogP contribution in [0.4, 0.5) is 4.39 Å². The molecule has 0 saturated carbocycles. The summed E-state index contributed by atoms with van der Waals surface area (Å²) in [5.74, 6) is -1.42. The molecule has 7 heteroatoms. The molecule has 0 radical (unpaired) electrons. The first kappa shape index (κ1) is 17.3. The van der Waals surface area contributed by atoms with Gasteiger partial charge in [0.1, 0.15) is 5.82 Å². The van der Waals surface area contributed by atoms with Crippen LogP contribution in [0, 0.1) is 12.7 Å². The third-order valence-corrected chi connectivity index (χ3v) is 5.52. The van der Waals surface area contributed by atoms with Crippen LogP contribution in [-0.4, -0.2) is 19.5 Å². The third-order valence-electron chi connectivity index (χ3n) is 4.08. The van der Waals surface area contributed by atoms with Crippen LogP contribution in [0.3, 0.4) is 0 Å². The molecule has 130 valence electrons. The number of benzene rings is 2. The molecule has 25 heavy (non-hydrogen) atoms. The predicted molar refractivity (Wildman–Crippen MR) is 91.0 cm³/mol. The zero-order valence-corrected chi connectivity index (χ0v) is 14.2. The summed E-state index contributed by atoms with van der Waals surface area (Å²) in [6, 6.07) is 8.17. The minimum absolute atomic E-state index is 0.0186. The van der Waals surface area contributed by atoms with Gasteiger partial charge in [0.25, 0.3) is 0 Å². The fourth-order valence-corrected chi connectivity index (χ4v) is 4.10. The number of halogens is 1. The zero-order valence-electron chi connectivity index (χ0n) is 13.4. The lowest BCUT2D eigenvalue weighted by Gasteiger charge is -2.15. The predicted octanol–water partition coefficient (Wildman–Crippen LogP) is 2.81. The second-order valence-corrected chi connectivity index (χ2v) is 7.57. The maximum absolute atomic E-state index is 13.4. The number of aryl methyl sites for hydroxylation is 1. The summed E-state index contributed by atoms with van der Waals surface area (Å²) in [6.07, 6.45) is 3.25. The van der Waals surface area contributed by atoms with Crippen molar-refractivity contribution in [3.05, 3.63) is 70.5 Å². The molecule has 1 aliphatic carbocycles. The van der Waals surface area contributed by atoms with Gasteiger partial charge in [0.2, 0.25) is 10.0 Å². The Morgan fingerprint density at radius 2 is 2.04 bits per heavy atom. The maximum atomic E-state index is 13.4. The van der Waals surface area contributed by atoms with Crippen molar-refractivity contribution >= 4 is 22.1 Å². The van der Waals surface area contributed by atoms with Gasteiger partial charge in [0.05, 0.1) is 17.4 Å². The average Bonchev–Trinajstić information content (AvgIpc) is 2.93. The molecular formula is C18H16FNO4S. The van der Waals surface area contributed by atoms with Crippen molar-refractivity contribution < 1.29 is 22.7 Å². The third kappa shape index (κ3) is 3.47. The lowest BCUT2D eigenvalue weighted by atomic mass is 10.00. The quantitative estimate of drug-likeness (QED) is 0.858. The molecule has 0 spiro atoms. The van der Waals surface area contributed by atoms with Crippen LogP contribution < -0.4 is 4.72 Å². The van der Waals surface area contributed by atoms with Crippen molar-refractivity contribution in [1.82, 2.24) is 4.72 Å². The molecule has 5 nitrogen and oxygen atoms in total. The Bertz CT molecular complexity index is 983. The minimum atomic E-state index is -3.85. The van der Waals surface area contributed by atoms with Crippen molar-refractivity contribution in [3.63, 3.8) is 0 Å². The zero-order chi connectivity index (χ0) is 18.2. The van der Waals surface area contributed by atoms with Gasteiger partial charge in [-0.1, -0.05) is 30.4 Å². The molecule has 2 aromatic carbocycles. The Balaban J connectivity index is 1.90. The van der Waals surface area contributed by atoms with Crippen LogP contribution in [0.1, 0.15) is 28.3 Å². The van der Waals surface area contributed by atoms with Crippen molar-refractivity contribution in [3.8, 4) is 0 Å². The summed E-state index contributed by atoms with van der Waals surface area (Å²) >= 11 is 0. The van der Waals surface area contributed by atoms with E-state index in [4.69, 9.17) is 5.11 Å². The summed E-state index contributed by atoms with van der Waals surface area (Å²) in [5, 5.41) is 8.98. The minimum Gasteiger partial charge on any atom is -0.481 e. The van der Waals surface area contributed by atoms with E-state index in [9.17, 15) is 17.6 Å². The average molecular weight is 361 g/mol. The number of fused-ring (bicyclic) bond motifs is 1. The molecule has 2 aromatic rings. The van der Waals surface area contributed by atoms with Gasteiger partial charge in [0.15, 0.2) is 0 Å². The van der Waals surface area contributed by atoms with Crippen molar-refractivity contribution in [1.29, 1.82) is 0 Å². The summed E-state index contributed by atoms with van der Waals surface area (Å²) in [7, 11) is -3.85. The van der Waals surface area contributed by atoms with Gasteiger partial charge < -0.3 is 5.11 Å². The molecule has 0 amide bonds. The first-order valence-electron chi connectivity index (χ1n) is 7.58. The Labute approximate surface area is 144 Å². The highest BCUT2D eigenvalue weighted by molar-refractivity contribution is 7.89. The van der Waals surface area contributed by atoms with E-state index >= 15 is 0 Å². The highest BCUT2D eigenvalue weighted by atomic mass is 32.2. The van der Waals surface area contributed by atoms with Gasteiger partial charge in [0, 0.05) is 0 Å². The van der Waals surface area contributed by atoms with Gasteiger partial charge in [-0.05, 0) is 47.4 Å². The molecule has 1 aliphatic rings. The fourth-order valence-electron chi connectivity index (χ4n) is 2.84. The highest BCUT2D eigenvalue weighted by Crippen LogP contribution is 2.32. The largest absolute Gasteiger partial charge is 0.481 e. The molecule has 0 aromatic heterocycles. The molecule has 0 fully saturated rings. The van der Waals surface area contributed by atoms with Gasteiger partial charge in [-0.2, -0.15) is 4.72 Å². The molecule has 0 heterocycles. The van der Waals surface area contributed by atoms with Crippen molar-refractivity contribution in [2.75, 3.05) is 0 Å². The molecule has 1 unspecified atom stereocenters. The summed E-state index contributed by atoms with van der Waals surface area (Å²) in [6.45, 7) is 1.50. The maximum Gasteiger partial charge on any atom is 0.307 e. The Morgan fingerprint density at radius 1 is 1.28 bits per heavy atom. The van der Waals surface area contributed by atoms with Crippen LogP contribution in [0.5, 0.6) is 0 Å². The van der Waals surface area contributed by atoms with E-state index in [-0.39, 0.29) is 16.9 Å². The van der Waals surface area contributed by atoms with E-state index in [1.165, 1.54) is 19.1 Å². The first-order chi connectivity index (χ1) is 11.8. The van der Waals surface area contributed by atoms with Crippen LogP contribution in [0.25, 0.3) is 6.08 Å². The van der Waals surface area contributed by atoms with Crippen molar-refractivity contribution in [2.45, 2.75) is 24.3 Å². The van der Waals surface area contributed by atoms with Gasteiger partial charge in [-0.3, -0.25) is 4.79 Å². The SMILES string of the molecule is Cc1cc(S(=O)(=O)NC2C=Cc3c(CC(=O)O)cccc32)ccc1F. The lowest BCUT2D eigenvalue weighted by Crippen LogP contribution is -2.27. The number of nitrogens with one attached hydrogen (secondary N) is 1. The Morgan fingerprint density at radius 3 is 2.72 bits per heavy atom. The van der Waals surface area contributed by atoms with Gasteiger partial charge in [-0.15, -0.1) is 0 Å². The molecule has 3 rings (SSSR count). The smallest absolute Gasteiger partial charge is 0.307 e. The lowest BCUT2D eigenvalue weighted by molar-refractivity contribution is -0.136. The fraction of sp³-hybridized carbons (Fsp3) is 0.167. The van der Waals surface area contributed by atoms with Crippen LogP contribution >= 0.6 is 0 Å². The normalized spacial score (nSPS) is 16.0. The van der Waals surface area contributed by atoms with Crippen molar-refractivity contribution in [2.24, 2.45) is 0 Å². The van der Waals surface area contributed by atoms with E-state index in [2.05, 4.69) is 4.72 Å². The molecule has 1 atom stereocenters. The number of sulfonamides is 1. The summed E-state index contributed by atoms with van der Waals surface area (Å²) < 4.78 is 41.1. The highest BCUT2D eigenvalue weighted by Gasteiger charge is 2.26. The van der Waals surface area contributed by atoms with E-state index in [0.717, 1.165) is 6.07 Å². The Hall–Kier alpha value is -2.51. The molecule has 2 N–H and O–H groups in total. The second-order valence-electron chi connectivity index (χ2n) is 5.86. The first-order valence-corrected chi connectivity index (χ1v) is 9.06. The number of carbonyl (C=O) groups is 1. The topological polar surface area (TPSA) is 83.5 Å². The van der Waals surface area contributed by atoms with E-state index in [0.29, 0.717) is 16.7 Å². The van der Waals surface area contributed by atoms with E-state index < -0.39 is 27.9 Å². The molecule has 0 saturated heterocycles. The molecular weight excluding hydrogens is 345 g/mol. The standard InChI is InChI=1S/C18H16FNO4S/c1-11-9-13(5-7-16(11)19)25(23,24)20-17-8-6-14-12(10-18(21)22)3-2-4-15(14)17/h2-9,17,20H,10H2,1H3,(H,21,22). The molecule has 0 aliphatic heterocycles. The van der Waals surface area contributed by atoms with Crippen LogP contribution in [0.15, 0.2) is 47.4 Å². The summed E-state index contributed by atoms with van der Waals surface area (Å²) in [4.78, 5) is 10.9. The number of rotatable bonds is 5. The van der Waals surface area contributed by atoms with Crippen LogP contribution in [-0.2, 0) is 21.2 Å². The number of hydrogen-bond donors (Lipinski definition) is 2. The van der Waals surface area contributed by atoms with E-state index in [1.807, 2.05) is 0 Å². The van der Waals surface area contributed by atoms with Crippen LogP contribution in [0.2, 0.25) is 0 Å². The number of carboxylic acid groups (broad SMARTS) is 1. The summed E-state index contributed by atoms with van der Waals surface area (Å²) in [5.41, 5.74) is 2.28.